The molecule has 24 heavy (non-hydrogen) atoms. The molecule has 0 radical (unpaired) electrons. The number of rotatable bonds is 5. The number of esters is 1. The molecule has 0 aliphatic carbocycles. The fourth-order valence-electron chi connectivity index (χ4n) is 2.39. The van der Waals surface area contributed by atoms with Crippen LogP contribution in [-0.4, -0.2) is 68.2 Å². The largest absolute Gasteiger partial charge is 0.462 e. The highest BCUT2D eigenvalue weighted by Crippen LogP contribution is 2.19. The van der Waals surface area contributed by atoms with E-state index in [1.165, 1.54) is 28.6 Å². The van der Waals surface area contributed by atoms with Crippen molar-refractivity contribution >= 4 is 33.5 Å². The van der Waals surface area contributed by atoms with Crippen LogP contribution in [0.4, 0.5) is 0 Å². The molecule has 1 heterocycles. The Morgan fingerprint density at radius 1 is 1.12 bits per heavy atom. The van der Waals surface area contributed by atoms with E-state index >= 15 is 0 Å². The molecule has 0 bridgehead atoms. The summed E-state index contributed by atoms with van der Waals surface area (Å²) in [5.41, 5.74) is 0.299. The molecule has 7 nitrogen and oxygen atoms in total. The van der Waals surface area contributed by atoms with E-state index in [9.17, 15) is 18.0 Å². The van der Waals surface area contributed by atoms with Gasteiger partial charge in [0.05, 0.1) is 17.1 Å². The monoisotopic (exact) mass is 374 g/mol. The van der Waals surface area contributed by atoms with Gasteiger partial charge >= 0.3 is 5.97 Å². The van der Waals surface area contributed by atoms with Gasteiger partial charge in [0.25, 0.3) is 0 Å². The summed E-state index contributed by atoms with van der Waals surface area (Å²) >= 11 is 5.51. The van der Waals surface area contributed by atoms with Gasteiger partial charge in [-0.3, -0.25) is 4.79 Å². The number of benzene rings is 1. The van der Waals surface area contributed by atoms with Crippen molar-refractivity contribution in [1.82, 2.24) is 9.21 Å². The maximum atomic E-state index is 12.6. The third-order valence-electron chi connectivity index (χ3n) is 3.71. The van der Waals surface area contributed by atoms with Crippen LogP contribution in [-0.2, 0) is 19.6 Å². The van der Waals surface area contributed by atoms with E-state index in [1.54, 1.807) is 11.8 Å². The highest BCUT2D eigenvalue weighted by molar-refractivity contribution is 7.89. The molecule has 1 saturated heterocycles. The molecule has 132 valence electrons. The summed E-state index contributed by atoms with van der Waals surface area (Å²) in [4.78, 5) is 24.8. The number of halogens is 1. The van der Waals surface area contributed by atoms with Gasteiger partial charge in [0, 0.05) is 26.2 Å². The van der Waals surface area contributed by atoms with E-state index in [4.69, 9.17) is 16.3 Å². The molecule has 9 heteroatoms. The van der Waals surface area contributed by atoms with E-state index in [1.807, 2.05) is 0 Å². The minimum Gasteiger partial charge on any atom is -0.462 e. The van der Waals surface area contributed by atoms with Gasteiger partial charge in [-0.1, -0.05) is 0 Å². The molecule has 1 aromatic rings. The zero-order valence-electron chi connectivity index (χ0n) is 13.3. The van der Waals surface area contributed by atoms with Crippen molar-refractivity contribution in [1.29, 1.82) is 0 Å². The van der Waals surface area contributed by atoms with E-state index < -0.39 is 16.0 Å². The predicted molar refractivity (Wildman–Crippen MR) is 88.5 cm³/mol. The Bertz CT molecular complexity index is 697. The third kappa shape index (κ3) is 4.06. The van der Waals surface area contributed by atoms with E-state index in [0.29, 0.717) is 18.7 Å². The fourth-order valence-corrected chi connectivity index (χ4v) is 3.98. The van der Waals surface area contributed by atoms with Crippen LogP contribution >= 0.6 is 11.6 Å². The Balaban J connectivity index is 2.08. The highest BCUT2D eigenvalue weighted by Gasteiger charge is 2.29. The summed E-state index contributed by atoms with van der Waals surface area (Å²) in [7, 11) is -3.66. The van der Waals surface area contributed by atoms with Crippen LogP contribution in [0.2, 0.25) is 0 Å². The number of amides is 1. The van der Waals surface area contributed by atoms with Crippen molar-refractivity contribution in [2.75, 3.05) is 38.7 Å². The number of hydrogen-bond donors (Lipinski definition) is 0. The van der Waals surface area contributed by atoms with Crippen molar-refractivity contribution in [2.24, 2.45) is 0 Å². The lowest BCUT2D eigenvalue weighted by molar-refractivity contribution is -0.129. The van der Waals surface area contributed by atoms with Gasteiger partial charge in [-0.2, -0.15) is 4.31 Å². The van der Waals surface area contributed by atoms with Crippen LogP contribution in [0.25, 0.3) is 0 Å². The molecule has 1 aliphatic rings. The molecule has 1 aromatic carbocycles. The molecule has 0 spiro atoms. The quantitative estimate of drug-likeness (QED) is 0.565. The van der Waals surface area contributed by atoms with Crippen molar-refractivity contribution in [3.63, 3.8) is 0 Å². The minimum atomic E-state index is -3.66. The van der Waals surface area contributed by atoms with Gasteiger partial charge in [0.1, 0.15) is 5.88 Å². The van der Waals surface area contributed by atoms with Crippen LogP contribution in [0.1, 0.15) is 17.3 Å². The molecular weight excluding hydrogens is 356 g/mol. The second-order valence-electron chi connectivity index (χ2n) is 5.16. The number of carbonyl (C=O) groups excluding carboxylic acids is 2. The van der Waals surface area contributed by atoms with Gasteiger partial charge in [0.15, 0.2) is 0 Å². The molecular formula is C15H19ClN2O5S. The standard InChI is InChI=1S/C15H19ClN2O5S/c1-2-23-15(20)12-3-5-13(6-4-12)24(21,22)18-9-7-17(8-10-18)14(19)11-16/h3-6H,2,7-11H2,1H3. The van der Waals surface area contributed by atoms with Gasteiger partial charge in [0.2, 0.25) is 15.9 Å². The highest BCUT2D eigenvalue weighted by atomic mass is 35.5. The van der Waals surface area contributed by atoms with Crippen LogP contribution < -0.4 is 0 Å². The number of piperazine rings is 1. The molecule has 0 saturated carbocycles. The SMILES string of the molecule is CCOC(=O)c1ccc(S(=O)(=O)N2CCN(C(=O)CCl)CC2)cc1. The predicted octanol–water partition coefficient (Wildman–Crippen LogP) is 0.935. The lowest BCUT2D eigenvalue weighted by atomic mass is 10.2. The fraction of sp³-hybridized carbons (Fsp3) is 0.467. The second-order valence-corrected chi connectivity index (χ2v) is 7.37. The second kappa shape index (κ2) is 7.96. The summed E-state index contributed by atoms with van der Waals surface area (Å²) in [6, 6.07) is 5.63. The van der Waals surface area contributed by atoms with E-state index in [2.05, 4.69) is 0 Å². The van der Waals surface area contributed by atoms with Crippen LogP contribution in [0.5, 0.6) is 0 Å². The average molecular weight is 375 g/mol. The lowest BCUT2D eigenvalue weighted by Crippen LogP contribution is -2.50. The molecule has 1 fully saturated rings. The number of carbonyl (C=O) groups is 2. The normalized spacial score (nSPS) is 16.0. The Morgan fingerprint density at radius 2 is 1.71 bits per heavy atom. The van der Waals surface area contributed by atoms with Crippen molar-refractivity contribution in [3.05, 3.63) is 29.8 Å². The molecule has 2 rings (SSSR count). The van der Waals surface area contributed by atoms with E-state index in [0.717, 1.165) is 0 Å². The topological polar surface area (TPSA) is 84.0 Å². The smallest absolute Gasteiger partial charge is 0.338 e. The summed E-state index contributed by atoms with van der Waals surface area (Å²) in [5.74, 6) is -0.802. The Morgan fingerprint density at radius 3 is 2.21 bits per heavy atom. The summed E-state index contributed by atoms with van der Waals surface area (Å²) in [6.45, 7) is 3.00. The maximum Gasteiger partial charge on any atom is 0.338 e. The molecule has 0 atom stereocenters. The number of alkyl halides is 1. The first-order valence-corrected chi connectivity index (χ1v) is 9.48. The Labute approximate surface area is 146 Å². The Hall–Kier alpha value is -1.64. The molecule has 1 amide bonds. The van der Waals surface area contributed by atoms with Gasteiger partial charge in [-0.05, 0) is 31.2 Å². The molecule has 0 unspecified atom stereocenters. The van der Waals surface area contributed by atoms with Crippen molar-refractivity contribution in [2.45, 2.75) is 11.8 Å². The first kappa shape index (κ1) is 18.7. The minimum absolute atomic E-state index is 0.104. The average Bonchev–Trinajstić information content (AvgIpc) is 2.61. The zero-order chi connectivity index (χ0) is 17.7. The molecule has 0 N–H and O–H groups in total. The maximum absolute atomic E-state index is 12.6. The van der Waals surface area contributed by atoms with Crippen molar-refractivity contribution < 1.29 is 22.7 Å². The number of nitrogens with zero attached hydrogens (tertiary/aromatic N) is 2. The number of ether oxygens (including phenoxy) is 1. The number of hydrogen-bond acceptors (Lipinski definition) is 5. The van der Waals surface area contributed by atoms with Gasteiger partial charge in [-0.25, -0.2) is 13.2 Å². The third-order valence-corrected chi connectivity index (χ3v) is 5.85. The van der Waals surface area contributed by atoms with Crippen LogP contribution in [0.15, 0.2) is 29.2 Å². The van der Waals surface area contributed by atoms with Crippen molar-refractivity contribution in [3.8, 4) is 0 Å². The van der Waals surface area contributed by atoms with E-state index in [-0.39, 0.29) is 36.4 Å². The summed E-state index contributed by atoms with van der Waals surface area (Å²) in [6.07, 6.45) is 0. The number of sulfonamides is 1. The summed E-state index contributed by atoms with van der Waals surface area (Å²) < 4.78 is 31.4. The lowest BCUT2D eigenvalue weighted by Gasteiger charge is -2.33. The van der Waals surface area contributed by atoms with Crippen LogP contribution in [0, 0.1) is 0 Å². The zero-order valence-corrected chi connectivity index (χ0v) is 14.8. The van der Waals surface area contributed by atoms with Gasteiger partial charge in [-0.15, -0.1) is 11.6 Å². The van der Waals surface area contributed by atoms with Gasteiger partial charge < -0.3 is 9.64 Å². The first-order chi connectivity index (χ1) is 11.4. The van der Waals surface area contributed by atoms with Crippen LogP contribution in [0.3, 0.4) is 0 Å². The summed E-state index contributed by atoms with van der Waals surface area (Å²) in [5, 5.41) is 0. The molecule has 0 aromatic heterocycles. The first-order valence-electron chi connectivity index (χ1n) is 7.51. The molecule has 1 aliphatic heterocycles. The Kier molecular flexibility index (Phi) is 6.20.